The van der Waals surface area contributed by atoms with Gasteiger partial charge in [-0.15, -0.1) is 0 Å². The molecule has 148 valence electrons. The lowest BCUT2D eigenvalue weighted by molar-refractivity contribution is -0.122. The lowest BCUT2D eigenvalue weighted by Gasteiger charge is -2.58. The van der Waals surface area contributed by atoms with E-state index in [0.29, 0.717) is 23.3 Å². The number of hydrogen-bond donors (Lipinski definition) is 1. The largest absolute Gasteiger partial charge is 0.349 e. The number of nitrogens with zero attached hydrogens (tertiary/aromatic N) is 1. The molecule has 3 fully saturated rings. The van der Waals surface area contributed by atoms with Crippen LogP contribution in [-0.2, 0) is 4.79 Å². The zero-order valence-corrected chi connectivity index (χ0v) is 17.1. The zero-order valence-electron chi connectivity index (χ0n) is 17.1. The lowest BCUT2D eigenvalue weighted by Crippen LogP contribution is -2.59. The number of rotatable bonds is 2. The van der Waals surface area contributed by atoms with Gasteiger partial charge in [0.05, 0.1) is 5.69 Å². The number of pyridine rings is 1. The molecule has 5 rings (SSSR count). The first-order valence-corrected chi connectivity index (χ1v) is 11.1. The molecular formula is C25H32N2O. The summed E-state index contributed by atoms with van der Waals surface area (Å²) < 4.78 is 0. The molecule has 7 atom stereocenters. The van der Waals surface area contributed by atoms with Crippen molar-refractivity contribution in [2.75, 3.05) is 0 Å². The number of amides is 1. The molecule has 1 aliphatic heterocycles. The second kappa shape index (κ2) is 6.57. The van der Waals surface area contributed by atoms with Crippen molar-refractivity contribution in [3.63, 3.8) is 0 Å². The third-order valence-corrected chi connectivity index (χ3v) is 8.95. The number of allylic oxidation sites excluding steroid dienone is 1. The summed E-state index contributed by atoms with van der Waals surface area (Å²) >= 11 is 0. The summed E-state index contributed by atoms with van der Waals surface area (Å²) in [6.45, 7) is 4.96. The SMILES string of the molecule is C[C@]12C=CC(=O)N[C@@H]1CC[C@@H]1[C@@H]2CC[C@]2(C)[C@@H](/C=C\c3ccccn3)CC[C@@H]12. The Morgan fingerprint density at radius 3 is 2.82 bits per heavy atom. The van der Waals surface area contributed by atoms with E-state index in [2.05, 4.69) is 54.5 Å². The molecule has 0 aromatic carbocycles. The topological polar surface area (TPSA) is 42.0 Å². The summed E-state index contributed by atoms with van der Waals surface area (Å²) in [5.74, 6) is 3.08. The molecule has 1 amide bonds. The van der Waals surface area contributed by atoms with Crippen LogP contribution in [-0.4, -0.2) is 16.9 Å². The van der Waals surface area contributed by atoms with Gasteiger partial charge >= 0.3 is 0 Å². The molecule has 28 heavy (non-hydrogen) atoms. The van der Waals surface area contributed by atoms with Gasteiger partial charge in [0.25, 0.3) is 0 Å². The van der Waals surface area contributed by atoms with Crippen molar-refractivity contribution in [1.29, 1.82) is 0 Å². The Morgan fingerprint density at radius 1 is 1.11 bits per heavy atom. The lowest BCUT2D eigenvalue weighted by atomic mass is 9.48. The molecule has 0 saturated heterocycles. The standard InChI is InChI=1S/C25H32N2O/c1-24-14-12-21-19(9-11-22-25(21,2)15-13-23(28)27-22)20(24)10-7-17(24)6-8-18-5-3-4-16-26-18/h3-6,8,13,15-17,19-22H,7,9-12,14H2,1-2H3,(H,27,28)/b8-6-/t17-,19-,20-,21-,22+,24+,25+/m0/s1. The molecule has 3 saturated carbocycles. The fraction of sp³-hybridized carbons (Fsp3) is 0.600. The van der Waals surface area contributed by atoms with Crippen LogP contribution in [0.15, 0.2) is 42.6 Å². The highest BCUT2D eigenvalue weighted by Gasteiger charge is 2.59. The van der Waals surface area contributed by atoms with Crippen LogP contribution in [0.5, 0.6) is 0 Å². The van der Waals surface area contributed by atoms with Crippen molar-refractivity contribution in [2.45, 2.75) is 58.4 Å². The molecular weight excluding hydrogens is 344 g/mol. The van der Waals surface area contributed by atoms with Gasteiger partial charge in [-0.1, -0.05) is 32.1 Å². The Labute approximate surface area is 168 Å². The average molecular weight is 377 g/mol. The van der Waals surface area contributed by atoms with E-state index in [9.17, 15) is 4.79 Å². The summed E-state index contributed by atoms with van der Waals surface area (Å²) in [5, 5.41) is 3.26. The van der Waals surface area contributed by atoms with Gasteiger partial charge in [-0.3, -0.25) is 9.78 Å². The Morgan fingerprint density at radius 2 is 2.00 bits per heavy atom. The minimum Gasteiger partial charge on any atom is -0.349 e. The molecule has 2 heterocycles. The van der Waals surface area contributed by atoms with E-state index in [1.807, 2.05) is 12.3 Å². The molecule has 0 spiro atoms. The van der Waals surface area contributed by atoms with Gasteiger partial charge in [-0.05, 0) is 91.9 Å². The van der Waals surface area contributed by atoms with Crippen LogP contribution in [0.2, 0.25) is 0 Å². The van der Waals surface area contributed by atoms with E-state index in [-0.39, 0.29) is 11.3 Å². The quantitative estimate of drug-likeness (QED) is 0.788. The Hall–Kier alpha value is -1.90. The summed E-state index contributed by atoms with van der Waals surface area (Å²) in [4.78, 5) is 16.3. The van der Waals surface area contributed by atoms with Gasteiger partial charge < -0.3 is 5.32 Å². The fourth-order valence-corrected chi connectivity index (χ4v) is 7.38. The minimum atomic E-state index is 0.0992. The second-order valence-corrected chi connectivity index (χ2v) is 10.1. The van der Waals surface area contributed by atoms with Gasteiger partial charge in [0.1, 0.15) is 0 Å². The van der Waals surface area contributed by atoms with Crippen molar-refractivity contribution in [1.82, 2.24) is 10.3 Å². The minimum absolute atomic E-state index is 0.0992. The summed E-state index contributed by atoms with van der Waals surface area (Å²) in [5.41, 5.74) is 1.62. The van der Waals surface area contributed by atoms with Crippen molar-refractivity contribution < 1.29 is 4.79 Å². The molecule has 3 nitrogen and oxygen atoms in total. The number of carbonyl (C=O) groups excluding carboxylic acids is 1. The smallest absolute Gasteiger partial charge is 0.243 e. The maximum atomic E-state index is 11.9. The molecule has 3 aliphatic carbocycles. The highest BCUT2D eigenvalue weighted by Crippen LogP contribution is 2.65. The van der Waals surface area contributed by atoms with Crippen LogP contribution in [0.3, 0.4) is 0 Å². The molecule has 0 bridgehead atoms. The fourth-order valence-electron chi connectivity index (χ4n) is 7.38. The summed E-state index contributed by atoms with van der Waals surface area (Å²) in [7, 11) is 0. The molecule has 0 radical (unpaired) electrons. The van der Waals surface area contributed by atoms with E-state index >= 15 is 0 Å². The predicted molar refractivity (Wildman–Crippen MR) is 112 cm³/mol. The first kappa shape index (κ1) is 18.1. The summed E-state index contributed by atoms with van der Waals surface area (Å²) in [6.07, 6.45) is 18.3. The average Bonchev–Trinajstić information content (AvgIpc) is 3.04. The highest BCUT2D eigenvalue weighted by molar-refractivity contribution is 5.89. The molecule has 1 N–H and O–H groups in total. The second-order valence-electron chi connectivity index (χ2n) is 10.1. The van der Waals surface area contributed by atoms with Gasteiger partial charge in [0, 0.05) is 17.7 Å². The number of fused-ring (bicyclic) bond motifs is 5. The van der Waals surface area contributed by atoms with Gasteiger partial charge in [0.2, 0.25) is 5.91 Å². The van der Waals surface area contributed by atoms with E-state index in [1.54, 1.807) is 6.08 Å². The van der Waals surface area contributed by atoms with Crippen LogP contribution in [0.4, 0.5) is 0 Å². The first-order chi connectivity index (χ1) is 13.5. The molecule has 4 aliphatic rings. The Bertz CT molecular complexity index is 815. The maximum absolute atomic E-state index is 11.9. The first-order valence-electron chi connectivity index (χ1n) is 11.1. The van der Waals surface area contributed by atoms with E-state index in [0.717, 1.165) is 24.0 Å². The maximum Gasteiger partial charge on any atom is 0.243 e. The highest BCUT2D eigenvalue weighted by atomic mass is 16.1. The number of carbonyl (C=O) groups is 1. The van der Waals surface area contributed by atoms with Crippen LogP contribution < -0.4 is 5.32 Å². The van der Waals surface area contributed by atoms with Crippen LogP contribution in [0, 0.1) is 34.5 Å². The van der Waals surface area contributed by atoms with Crippen molar-refractivity contribution in [3.8, 4) is 0 Å². The van der Waals surface area contributed by atoms with E-state index in [1.165, 1.54) is 32.1 Å². The predicted octanol–water partition coefficient (Wildman–Crippen LogP) is 5.01. The number of nitrogens with one attached hydrogen (secondary N) is 1. The van der Waals surface area contributed by atoms with Crippen molar-refractivity contribution in [3.05, 3.63) is 48.3 Å². The molecule has 0 unspecified atom stereocenters. The van der Waals surface area contributed by atoms with E-state index in [4.69, 9.17) is 0 Å². The van der Waals surface area contributed by atoms with Crippen molar-refractivity contribution in [2.24, 2.45) is 34.5 Å². The monoisotopic (exact) mass is 376 g/mol. The third-order valence-electron chi connectivity index (χ3n) is 8.95. The van der Waals surface area contributed by atoms with Gasteiger partial charge in [-0.2, -0.15) is 0 Å². The zero-order chi connectivity index (χ0) is 19.4. The van der Waals surface area contributed by atoms with Crippen molar-refractivity contribution >= 4 is 12.0 Å². The normalized spacial score (nSPS) is 44.6. The number of hydrogen-bond acceptors (Lipinski definition) is 2. The van der Waals surface area contributed by atoms with E-state index < -0.39 is 0 Å². The van der Waals surface area contributed by atoms with Gasteiger partial charge in [0.15, 0.2) is 0 Å². The molecule has 1 aromatic heterocycles. The Kier molecular flexibility index (Phi) is 4.26. The van der Waals surface area contributed by atoms with Gasteiger partial charge in [-0.25, -0.2) is 0 Å². The number of aromatic nitrogens is 1. The van der Waals surface area contributed by atoms with Crippen LogP contribution in [0.25, 0.3) is 6.08 Å². The molecule has 1 aromatic rings. The van der Waals surface area contributed by atoms with Crippen LogP contribution >= 0.6 is 0 Å². The van der Waals surface area contributed by atoms with Crippen LogP contribution in [0.1, 0.15) is 58.1 Å². The Balaban J connectivity index is 1.39. The molecule has 3 heteroatoms. The third kappa shape index (κ3) is 2.69. The summed E-state index contributed by atoms with van der Waals surface area (Å²) in [6, 6.07) is 6.46.